The van der Waals surface area contributed by atoms with Gasteiger partial charge in [-0.1, -0.05) is 12.1 Å². The molecular formula is C21H17N5O. The van der Waals surface area contributed by atoms with Crippen LogP contribution in [0.15, 0.2) is 61.1 Å². The molecule has 0 saturated carbocycles. The fourth-order valence-corrected chi connectivity index (χ4v) is 2.97. The molecule has 6 heteroatoms. The maximum Gasteiger partial charge on any atom is 0.144 e. The summed E-state index contributed by atoms with van der Waals surface area (Å²) in [7, 11) is 0. The van der Waals surface area contributed by atoms with E-state index in [2.05, 4.69) is 21.0 Å². The fourth-order valence-electron chi connectivity index (χ4n) is 2.97. The van der Waals surface area contributed by atoms with Crippen LogP contribution in [0.2, 0.25) is 0 Å². The summed E-state index contributed by atoms with van der Waals surface area (Å²) in [6, 6.07) is 15.3. The van der Waals surface area contributed by atoms with Crippen LogP contribution < -0.4 is 0 Å². The summed E-state index contributed by atoms with van der Waals surface area (Å²) in [5.41, 5.74) is 3.89. The number of nitrogens with zero attached hydrogens (tertiary/aromatic N) is 5. The minimum atomic E-state index is -1.04. The third kappa shape index (κ3) is 3.05. The van der Waals surface area contributed by atoms with Crippen molar-refractivity contribution < 1.29 is 5.11 Å². The second kappa shape index (κ2) is 6.31. The van der Waals surface area contributed by atoms with E-state index in [-0.39, 0.29) is 0 Å². The van der Waals surface area contributed by atoms with E-state index < -0.39 is 5.60 Å². The zero-order valence-corrected chi connectivity index (χ0v) is 15.0. The van der Waals surface area contributed by atoms with Crippen LogP contribution in [-0.2, 0) is 5.60 Å². The highest BCUT2D eigenvalue weighted by atomic mass is 16.3. The first kappa shape index (κ1) is 16.9. The van der Waals surface area contributed by atoms with Crippen molar-refractivity contribution in [1.29, 1.82) is 5.26 Å². The molecule has 4 aromatic heterocycles. The highest BCUT2D eigenvalue weighted by molar-refractivity contribution is 5.79. The number of fused-ring (bicyclic) bond motifs is 1. The molecule has 27 heavy (non-hydrogen) atoms. The summed E-state index contributed by atoms with van der Waals surface area (Å²) in [5, 5.41) is 19.5. The SMILES string of the molecule is CC(C)(O)c1cccc(-c2ncccc2-c2ccc3ncc(C#N)n3c2)n1. The lowest BCUT2D eigenvalue weighted by Gasteiger charge is -2.17. The average Bonchev–Trinajstić information content (AvgIpc) is 3.10. The van der Waals surface area contributed by atoms with Crippen molar-refractivity contribution in [1.82, 2.24) is 19.4 Å². The Morgan fingerprint density at radius 3 is 2.70 bits per heavy atom. The lowest BCUT2D eigenvalue weighted by atomic mass is 10.0. The van der Waals surface area contributed by atoms with Crippen molar-refractivity contribution in [3.8, 4) is 28.6 Å². The highest BCUT2D eigenvalue weighted by Gasteiger charge is 2.19. The first-order valence-electron chi connectivity index (χ1n) is 8.50. The van der Waals surface area contributed by atoms with Crippen molar-refractivity contribution in [2.24, 2.45) is 0 Å². The van der Waals surface area contributed by atoms with Gasteiger partial charge in [0.1, 0.15) is 23.0 Å². The Kier molecular flexibility index (Phi) is 3.94. The quantitative estimate of drug-likeness (QED) is 0.607. The smallest absolute Gasteiger partial charge is 0.144 e. The molecule has 4 rings (SSSR count). The topological polar surface area (TPSA) is 87.1 Å². The summed E-state index contributed by atoms with van der Waals surface area (Å²) >= 11 is 0. The summed E-state index contributed by atoms with van der Waals surface area (Å²) in [5.74, 6) is 0. The molecule has 0 aliphatic carbocycles. The molecule has 1 N–H and O–H groups in total. The third-order valence-electron chi connectivity index (χ3n) is 4.36. The van der Waals surface area contributed by atoms with Crippen molar-refractivity contribution in [2.75, 3.05) is 0 Å². The molecule has 6 nitrogen and oxygen atoms in total. The van der Waals surface area contributed by atoms with E-state index in [9.17, 15) is 10.4 Å². The lowest BCUT2D eigenvalue weighted by molar-refractivity contribution is 0.0740. The van der Waals surface area contributed by atoms with Gasteiger partial charge in [0.15, 0.2) is 0 Å². The molecule has 0 bridgehead atoms. The summed E-state index contributed by atoms with van der Waals surface area (Å²) in [4.78, 5) is 13.4. The Balaban J connectivity index is 1.89. The number of hydrogen-bond acceptors (Lipinski definition) is 5. The van der Waals surface area contributed by atoms with Crippen LogP contribution in [0.5, 0.6) is 0 Å². The standard InChI is InChI=1S/C21H17N5O/c1-21(2,27)18-7-3-6-17(25-18)20-16(5-4-10-23-20)14-8-9-19-24-12-15(11-22)26(19)13-14/h3-10,12-13,27H,1-2H3. The Morgan fingerprint density at radius 2 is 1.93 bits per heavy atom. The predicted molar refractivity (Wildman–Crippen MR) is 102 cm³/mol. The van der Waals surface area contributed by atoms with E-state index >= 15 is 0 Å². The first-order valence-corrected chi connectivity index (χ1v) is 8.50. The van der Waals surface area contributed by atoms with Gasteiger partial charge in [0.25, 0.3) is 0 Å². The van der Waals surface area contributed by atoms with E-state index in [1.54, 1.807) is 36.7 Å². The average molecular weight is 355 g/mol. The van der Waals surface area contributed by atoms with Crippen LogP contribution in [0.25, 0.3) is 28.2 Å². The zero-order chi connectivity index (χ0) is 19.0. The number of hydrogen-bond donors (Lipinski definition) is 1. The molecule has 0 aliphatic rings. The van der Waals surface area contributed by atoms with E-state index in [1.807, 2.05) is 42.6 Å². The van der Waals surface area contributed by atoms with E-state index in [4.69, 9.17) is 0 Å². The minimum absolute atomic E-state index is 0.472. The molecule has 4 heterocycles. The van der Waals surface area contributed by atoms with Crippen LogP contribution in [0.4, 0.5) is 0 Å². The van der Waals surface area contributed by atoms with E-state index in [1.165, 1.54) is 0 Å². The van der Waals surface area contributed by atoms with E-state index in [0.29, 0.717) is 28.4 Å². The monoisotopic (exact) mass is 355 g/mol. The second-order valence-electron chi connectivity index (χ2n) is 6.77. The van der Waals surface area contributed by atoms with Crippen molar-refractivity contribution in [2.45, 2.75) is 19.4 Å². The van der Waals surface area contributed by atoms with Gasteiger partial charge in [-0.2, -0.15) is 5.26 Å². The molecule has 0 fully saturated rings. The molecule has 0 unspecified atom stereocenters. The molecule has 0 amide bonds. The van der Waals surface area contributed by atoms with E-state index in [0.717, 1.165) is 11.1 Å². The Labute approximate surface area is 156 Å². The minimum Gasteiger partial charge on any atom is -0.384 e. The largest absolute Gasteiger partial charge is 0.384 e. The van der Waals surface area contributed by atoms with Crippen LogP contribution in [0.3, 0.4) is 0 Å². The van der Waals surface area contributed by atoms with Crippen molar-refractivity contribution in [3.05, 3.63) is 72.4 Å². The Hall–Kier alpha value is -3.56. The normalized spacial score (nSPS) is 11.5. The molecule has 0 saturated heterocycles. The van der Waals surface area contributed by atoms with Gasteiger partial charge in [0, 0.05) is 23.5 Å². The molecular weight excluding hydrogens is 338 g/mol. The fraction of sp³-hybridized carbons (Fsp3) is 0.143. The van der Waals surface area contributed by atoms with Gasteiger partial charge < -0.3 is 5.11 Å². The van der Waals surface area contributed by atoms with Gasteiger partial charge in [-0.05, 0) is 44.2 Å². The Bertz CT molecular complexity index is 1180. The van der Waals surface area contributed by atoms with Gasteiger partial charge >= 0.3 is 0 Å². The second-order valence-corrected chi connectivity index (χ2v) is 6.77. The molecule has 0 aliphatic heterocycles. The lowest BCUT2D eigenvalue weighted by Crippen LogP contribution is -2.17. The molecule has 0 radical (unpaired) electrons. The first-order chi connectivity index (χ1) is 13.0. The van der Waals surface area contributed by atoms with Crippen LogP contribution in [0, 0.1) is 11.3 Å². The van der Waals surface area contributed by atoms with Gasteiger partial charge in [0.2, 0.25) is 0 Å². The molecule has 0 spiro atoms. The summed E-state index contributed by atoms with van der Waals surface area (Å²) in [6.45, 7) is 3.41. The molecule has 0 atom stereocenters. The van der Waals surface area contributed by atoms with Gasteiger partial charge in [-0.3, -0.25) is 9.38 Å². The highest BCUT2D eigenvalue weighted by Crippen LogP contribution is 2.30. The van der Waals surface area contributed by atoms with Crippen molar-refractivity contribution in [3.63, 3.8) is 0 Å². The van der Waals surface area contributed by atoms with Crippen LogP contribution in [-0.4, -0.2) is 24.5 Å². The number of aromatic nitrogens is 4. The zero-order valence-electron chi connectivity index (χ0n) is 15.0. The summed E-state index contributed by atoms with van der Waals surface area (Å²) in [6.07, 6.45) is 5.15. The summed E-state index contributed by atoms with van der Waals surface area (Å²) < 4.78 is 1.76. The number of imidazole rings is 1. The van der Waals surface area contributed by atoms with Crippen LogP contribution >= 0.6 is 0 Å². The number of rotatable bonds is 3. The molecule has 132 valence electrons. The number of aliphatic hydroxyl groups is 1. The van der Waals surface area contributed by atoms with Gasteiger partial charge in [-0.25, -0.2) is 9.97 Å². The predicted octanol–water partition coefficient (Wildman–Crippen LogP) is 3.56. The van der Waals surface area contributed by atoms with Gasteiger partial charge in [0.05, 0.1) is 23.3 Å². The number of pyridine rings is 3. The molecule has 0 aromatic carbocycles. The maximum atomic E-state index is 10.3. The van der Waals surface area contributed by atoms with Gasteiger partial charge in [-0.15, -0.1) is 0 Å². The van der Waals surface area contributed by atoms with Crippen molar-refractivity contribution >= 4 is 5.65 Å². The number of nitriles is 1. The maximum absolute atomic E-state index is 10.3. The third-order valence-corrected chi connectivity index (χ3v) is 4.36. The molecule has 4 aromatic rings. The Morgan fingerprint density at radius 1 is 1.07 bits per heavy atom. The van der Waals surface area contributed by atoms with Crippen LogP contribution in [0.1, 0.15) is 25.2 Å².